The number of aryl methyl sites for hydroxylation is 1. The summed E-state index contributed by atoms with van der Waals surface area (Å²) in [7, 11) is 0. The van der Waals surface area contributed by atoms with Gasteiger partial charge in [-0.25, -0.2) is 0 Å². The monoisotopic (exact) mass is 382 g/mol. The van der Waals surface area contributed by atoms with Crippen LogP contribution in [0.3, 0.4) is 0 Å². The summed E-state index contributed by atoms with van der Waals surface area (Å²) < 4.78 is 0.871. The normalized spacial score (nSPS) is 10.3. The summed E-state index contributed by atoms with van der Waals surface area (Å²) in [6.45, 7) is 2.31. The van der Waals surface area contributed by atoms with E-state index in [1.807, 2.05) is 30.3 Å². The fraction of sp³-hybridized carbons (Fsp3) is 0.200. The van der Waals surface area contributed by atoms with Crippen molar-refractivity contribution in [2.24, 2.45) is 0 Å². The number of hydrogen-bond donors (Lipinski definition) is 2. The van der Waals surface area contributed by atoms with Crippen LogP contribution in [0.15, 0.2) is 41.2 Å². The second kappa shape index (κ2) is 6.69. The number of H-pyrrole nitrogens is 1. The molecule has 1 aromatic carbocycles. The van der Waals surface area contributed by atoms with Crippen molar-refractivity contribution >= 4 is 28.5 Å². The maximum absolute atomic E-state index is 12.0. The first-order chi connectivity index (χ1) is 9.58. The molecule has 2 rings (SSSR count). The highest BCUT2D eigenvalue weighted by Gasteiger charge is 2.11. The lowest BCUT2D eigenvalue weighted by molar-refractivity contribution is 0.0952. The molecule has 0 aliphatic heterocycles. The van der Waals surface area contributed by atoms with E-state index in [9.17, 15) is 9.59 Å². The van der Waals surface area contributed by atoms with Crippen molar-refractivity contribution in [3.63, 3.8) is 0 Å². The zero-order chi connectivity index (χ0) is 14.5. The van der Waals surface area contributed by atoms with E-state index in [0.29, 0.717) is 6.54 Å². The molecule has 0 aliphatic carbocycles. The number of pyridine rings is 1. The number of rotatable bonds is 4. The number of aromatic nitrogens is 1. The zero-order valence-electron chi connectivity index (χ0n) is 11.1. The van der Waals surface area contributed by atoms with Gasteiger partial charge < -0.3 is 10.3 Å². The van der Waals surface area contributed by atoms with Crippen molar-refractivity contribution in [2.45, 2.75) is 13.3 Å². The third-order valence-electron chi connectivity index (χ3n) is 2.96. The Balaban J connectivity index is 1.99. The average molecular weight is 382 g/mol. The quantitative estimate of drug-likeness (QED) is 0.797. The van der Waals surface area contributed by atoms with Gasteiger partial charge in [-0.05, 0) is 47.6 Å². The van der Waals surface area contributed by atoms with Crippen LogP contribution in [0.2, 0.25) is 0 Å². The Labute approximate surface area is 130 Å². The highest BCUT2D eigenvalue weighted by atomic mass is 127. The van der Waals surface area contributed by atoms with Crippen molar-refractivity contribution in [3.8, 4) is 0 Å². The van der Waals surface area contributed by atoms with Crippen LogP contribution in [-0.4, -0.2) is 17.4 Å². The fourth-order valence-electron chi connectivity index (χ4n) is 1.83. The average Bonchev–Trinajstić information content (AvgIpc) is 2.44. The SMILES string of the molecule is Cc1[nH]c(=O)c(C(=O)NCCc2ccccc2)cc1I. The van der Waals surface area contributed by atoms with Crippen LogP contribution >= 0.6 is 22.6 Å². The van der Waals surface area contributed by atoms with Gasteiger partial charge >= 0.3 is 0 Å². The Bertz CT molecular complexity index is 665. The number of carbonyl (C=O) groups is 1. The van der Waals surface area contributed by atoms with Gasteiger partial charge in [0.25, 0.3) is 11.5 Å². The number of nitrogens with one attached hydrogen (secondary N) is 2. The topological polar surface area (TPSA) is 62.0 Å². The molecule has 0 atom stereocenters. The van der Waals surface area contributed by atoms with Gasteiger partial charge in [0.15, 0.2) is 0 Å². The zero-order valence-corrected chi connectivity index (χ0v) is 13.2. The van der Waals surface area contributed by atoms with Crippen LogP contribution in [0.1, 0.15) is 21.6 Å². The summed E-state index contributed by atoms with van der Waals surface area (Å²) >= 11 is 2.10. The van der Waals surface area contributed by atoms with E-state index in [2.05, 4.69) is 32.9 Å². The van der Waals surface area contributed by atoms with Crippen molar-refractivity contribution < 1.29 is 4.79 Å². The Morgan fingerprint density at radius 3 is 2.70 bits per heavy atom. The Morgan fingerprint density at radius 1 is 1.30 bits per heavy atom. The third-order valence-corrected chi connectivity index (χ3v) is 4.08. The molecule has 1 heterocycles. The van der Waals surface area contributed by atoms with E-state index in [1.165, 1.54) is 0 Å². The van der Waals surface area contributed by atoms with Crippen LogP contribution in [0.25, 0.3) is 0 Å². The molecule has 104 valence electrons. The number of amides is 1. The van der Waals surface area contributed by atoms with Crippen LogP contribution < -0.4 is 10.9 Å². The maximum atomic E-state index is 12.0. The fourth-order valence-corrected chi connectivity index (χ4v) is 2.27. The molecule has 0 aliphatic rings. The highest BCUT2D eigenvalue weighted by Crippen LogP contribution is 2.07. The summed E-state index contributed by atoms with van der Waals surface area (Å²) in [4.78, 5) is 26.4. The first kappa shape index (κ1) is 14.8. The minimum absolute atomic E-state index is 0.160. The summed E-state index contributed by atoms with van der Waals surface area (Å²) in [5.74, 6) is -0.333. The molecule has 0 unspecified atom stereocenters. The number of carbonyl (C=O) groups excluding carboxylic acids is 1. The number of hydrogen-bond acceptors (Lipinski definition) is 2. The smallest absolute Gasteiger partial charge is 0.261 e. The third kappa shape index (κ3) is 3.69. The number of halogens is 1. The first-order valence-corrected chi connectivity index (χ1v) is 7.37. The molecular formula is C15H15IN2O2. The molecule has 0 spiro atoms. The molecule has 0 bridgehead atoms. The van der Waals surface area contributed by atoms with Gasteiger partial charge in [-0.2, -0.15) is 0 Å². The Morgan fingerprint density at radius 2 is 2.00 bits per heavy atom. The molecule has 4 nitrogen and oxygen atoms in total. The molecule has 2 N–H and O–H groups in total. The van der Waals surface area contributed by atoms with Crippen LogP contribution in [0, 0.1) is 10.5 Å². The standard InChI is InChI=1S/C15H15IN2O2/c1-10-13(16)9-12(15(20)18-10)14(19)17-8-7-11-5-3-2-4-6-11/h2-6,9H,7-8H2,1H3,(H,17,19)(H,18,20). The molecule has 2 aromatic rings. The van der Waals surface area contributed by atoms with Gasteiger partial charge in [-0.1, -0.05) is 30.3 Å². The second-order valence-electron chi connectivity index (χ2n) is 4.48. The lowest BCUT2D eigenvalue weighted by Crippen LogP contribution is -2.31. The minimum atomic E-state index is -0.347. The van der Waals surface area contributed by atoms with Crippen molar-refractivity contribution in [1.82, 2.24) is 10.3 Å². The van der Waals surface area contributed by atoms with E-state index in [0.717, 1.165) is 21.2 Å². The molecule has 0 fully saturated rings. The van der Waals surface area contributed by atoms with Gasteiger partial charge in [0.05, 0.1) is 0 Å². The van der Waals surface area contributed by atoms with Crippen molar-refractivity contribution in [2.75, 3.05) is 6.54 Å². The maximum Gasteiger partial charge on any atom is 0.261 e. The summed E-state index contributed by atoms with van der Waals surface area (Å²) in [5, 5.41) is 2.77. The van der Waals surface area contributed by atoms with E-state index >= 15 is 0 Å². The molecule has 1 aromatic heterocycles. The van der Waals surface area contributed by atoms with E-state index < -0.39 is 0 Å². The lowest BCUT2D eigenvalue weighted by atomic mass is 10.1. The predicted octanol–water partition coefficient (Wildman–Crippen LogP) is 2.26. The summed E-state index contributed by atoms with van der Waals surface area (Å²) in [6.07, 6.45) is 0.743. The molecular weight excluding hydrogens is 367 g/mol. The molecule has 0 saturated heterocycles. The summed E-state index contributed by atoms with van der Waals surface area (Å²) in [6, 6.07) is 11.5. The van der Waals surface area contributed by atoms with E-state index in [1.54, 1.807) is 13.0 Å². The highest BCUT2D eigenvalue weighted by molar-refractivity contribution is 14.1. The number of aromatic amines is 1. The van der Waals surface area contributed by atoms with Crippen LogP contribution in [0.5, 0.6) is 0 Å². The molecule has 20 heavy (non-hydrogen) atoms. The van der Waals surface area contributed by atoms with Crippen molar-refractivity contribution in [3.05, 3.63) is 67.1 Å². The van der Waals surface area contributed by atoms with E-state index in [4.69, 9.17) is 0 Å². The molecule has 0 radical (unpaired) electrons. The Kier molecular flexibility index (Phi) is 4.94. The predicted molar refractivity (Wildman–Crippen MR) is 87.0 cm³/mol. The van der Waals surface area contributed by atoms with Crippen LogP contribution in [0.4, 0.5) is 0 Å². The second-order valence-corrected chi connectivity index (χ2v) is 5.64. The minimum Gasteiger partial charge on any atom is -0.352 e. The van der Waals surface area contributed by atoms with Gasteiger partial charge in [-0.3, -0.25) is 9.59 Å². The van der Waals surface area contributed by atoms with Crippen molar-refractivity contribution in [1.29, 1.82) is 0 Å². The van der Waals surface area contributed by atoms with Gasteiger partial charge in [0.1, 0.15) is 5.56 Å². The van der Waals surface area contributed by atoms with Gasteiger partial charge in [-0.15, -0.1) is 0 Å². The number of benzene rings is 1. The Hall–Kier alpha value is -1.63. The largest absolute Gasteiger partial charge is 0.352 e. The molecule has 1 amide bonds. The van der Waals surface area contributed by atoms with Gasteiger partial charge in [0, 0.05) is 15.8 Å². The van der Waals surface area contributed by atoms with E-state index in [-0.39, 0.29) is 17.0 Å². The lowest BCUT2D eigenvalue weighted by Gasteiger charge is -2.06. The van der Waals surface area contributed by atoms with Crippen LogP contribution in [-0.2, 0) is 6.42 Å². The van der Waals surface area contributed by atoms with Gasteiger partial charge in [0.2, 0.25) is 0 Å². The molecule has 0 saturated carbocycles. The first-order valence-electron chi connectivity index (χ1n) is 6.29. The summed E-state index contributed by atoms with van der Waals surface area (Å²) in [5.41, 5.74) is 1.74. The molecule has 5 heteroatoms.